The van der Waals surface area contributed by atoms with E-state index in [4.69, 9.17) is 0 Å². The Hall–Kier alpha value is -3.25. The molecule has 6 heteroatoms. The van der Waals surface area contributed by atoms with Crippen LogP contribution in [0, 0.1) is 0 Å². The van der Waals surface area contributed by atoms with E-state index in [2.05, 4.69) is 10.3 Å². The van der Waals surface area contributed by atoms with Crippen molar-refractivity contribution < 1.29 is 9.00 Å². The van der Waals surface area contributed by atoms with Gasteiger partial charge in [-0.15, -0.1) is 0 Å². The fourth-order valence-corrected chi connectivity index (χ4v) is 3.76. The Bertz CT molecular complexity index is 1170. The zero-order chi connectivity index (χ0) is 19.5. The third kappa shape index (κ3) is 3.87. The van der Waals surface area contributed by atoms with Gasteiger partial charge in [-0.1, -0.05) is 24.3 Å². The van der Waals surface area contributed by atoms with Crippen molar-refractivity contribution >= 4 is 33.4 Å². The molecule has 1 aromatic heterocycles. The van der Waals surface area contributed by atoms with Crippen molar-refractivity contribution in [2.75, 3.05) is 11.6 Å². The summed E-state index contributed by atoms with van der Waals surface area (Å²) in [5, 5.41) is 2.91. The van der Waals surface area contributed by atoms with Crippen LogP contribution in [0.3, 0.4) is 0 Å². The summed E-state index contributed by atoms with van der Waals surface area (Å²) in [7, 11) is -0.943. The molecular weight excluding hydrogens is 370 g/mol. The minimum atomic E-state index is -0.943. The van der Waals surface area contributed by atoms with Crippen LogP contribution in [0.1, 0.15) is 15.9 Å². The number of aromatic nitrogens is 2. The van der Waals surface area contributed by atoms with Gasteiger partial charge in [-0.05, 0) is 54.1 Å². The number of hydrogen-bond acceptors (Lipinski definition) is 3. The topological polar surface area (TPSA) is 64.0 Å². The van der Waals surface area contributed by atoms with Crippen LogP contribution < -0.4 is 5.32 Å². The van der Waals surface area contributed by atoms with Crippen LogP contribution in [0.5, 0.6) is 0 Å². The van der Waals surface area contributed by atoms with Crippen molar-refractivity contribution in [3.8, 4) is 5.69 Å². The normalized spacial score (nSPS) is 12.0. The second-order valence-electron chi connectivity index (χ2n) is 6.52. The average molecular weight is 389 g/mol. The van der Waals surface area contributed by atoms with E-state index in [1.165, 1.54) is 0 Å². The van der Waals surface area contributed by atoms with Gasteiger partial charge in [-0.25, -0.2) is 4.98 Å². The van der Waals surface area contributed by atoms with Gasteiger partial charge in [-0.2, -0.15) is 0 Å². The van der Waals surface area contributed by atoms with E-state index >= 15 is 0 Å². The van der Waals surface area contributed by atoms with E-state index in [0.717, 1.165) is 22.3 Å². The van der Waals surface area contributed by atoms with E-state index in [1.54, 1.807) is 24.7 Å². The first kappa shape index (κ1) is 18.1. The number of hydrogen-bond donors (Lipinski definition) is 1. The summed E-state index contributed by atoms with van der Waals surface area (Å²) in [4.78, 5) is 16.9. The molecule has 0 bridgehead atoms. The molecule has 1 atom stereocenters. The molecule has 4 rings (SSSR count). The third-order valence-corrected chi connectivity index (χ3v) is 5.16. The Morgan fingerprint density at radius 2 is 1.82 bits per heavy atom. The summed E-state index contributed by atoms with van der Waals surface area (Å²) in [6.45, 7) is 0. The maximum absolute atomic E-state index is 12.5. The molecule has 5 nitrogen and oxygen atoms in total. The first-order chi connectivity index (χ1) is 13.6. The second-order valence-corrected chi connectivity index (χ2v) is 7.96. The van der Waals surface area contributed by atoms with E-state index in [9.17, 15) is 9.00 Å². The lowest BCUT2D eigenvalue weighted by Gasteiger charge is -2.09. The van der Waals surface area contributed by atoms with Gasteiger partial charge >= 0.3 is 0 Å². The summed E-state index contributed by atoms with van der Waals surface area (Å²) in [6, 6.07) is 22.8. The molecule has 0 aliphatic heterocycles. The molecule has 0 aliphatic rings. The lowest BCUT2D eigenvalue weighted by Crippen LogP contribution is -2.12. The van der Waals surface area contributed by atoms with Crippen LogP contribution in [0.2, 0.25) is 0 Å². The Kier molecular flexibility index (Phi) is 5.04. The average Bonchev–Trinajstić information content (AvgIpc) is 3.12. The number of imidazole rings is 1. The second kappa shape index (κ2) is 7.78. The fourth-order valence-electron chi connectivity index (χ4n) is 3.11. The molecule has 1 unspecified atom stereocenters. The van der Waals surface area contributed by atoms with Crippen molar-refractivity contribution in [2.45, 2.75) is 5.75 Å². The van der Waals surface area contributed by atoms with Gasteiger partial charge < -0.3 is 5.32 Å². The van der Waals surface area contributed by atoms with E-state index in [0.29, 0.717) is 17.0 Å². The van der Waals surface area contributed by atoms with E-state index < -0.39 is 10.8 Å². The number of rotatable bonds is 5. The van der Waals surface area contributed by atoms with Crippen molar-refractivity contribution in [3.05, 3.63) is 90.3 Å². The van der Waals surface area contributed by atoms with Crippen LogP contribution in [0.15, 0.2) is 79.1 Å². The molecule has 0 radical (unpaired) electrons. The Morgan fingerprint density at radius 1 is 1.04 bits per heavy atom. The van der Waals surface area contributed by atoms with Gasteiger partial charge in [0.15, 0.2) is 0 Å². The highest BCUT2D eigenvalue weighted by Gasteiger charge is 2.09. The summed E-state index contributed by atoms with van der Waals surface area (Å²) in [6.07, 6.45) is 3.44. The first-order valence-electron chi connectivity index (χ1n) is 8.83. The van der Waals surface area contributed by atoms with Gasteiger partial charge in [0.05, 0.1) is 11.0 Å². The predicted octanol–water partition coefficient (Wildman–Crippen LogP) is 4.16. The predicted molar refractivity (Wildman–Crippen MR) is 113 cm³/mol. The van der Waals surface area contributed by atoms with Crippen LogP contribution >= 0.6 is 0 Å². The number of para-hydroxylation sites is 2. The third-order valence-electron chi connectivity index (χ3n) is 4.42. The van der Waals surface area contributed by atoms with Crippen molar-refractivity contribution in [2.24, 2.45) is 0 Å². The Labute approximate surface area is 165 Å². The standard InChI is InChI=1S/C22H19N3O2S/c1-28(27)14-16-5-4-6-17(13-16)22(26)24-18-9-11-19(12-10-18)25-15-23-20-7-2-3-8-21(20)25/h2-13,15H,14H2,1H3,(H,24,26). The van der Waals surface area contributed by atoms with Gasteiger partial charge in [0.1, 0.15) is 6.33 Å². The highest BCUT2D eigenvalue weighted by Crippen LogP contribution is 2.20. The Balaban J connectivity index is 1.52. The number of nitrogens with zero attached hydrogens (tertiary/aromatic N) is 2. The quantitative estimate of drug-likeness (QED) is 0.557. The molecule has 1 N–H and O–H groups in total. The number of amides is 1. The minimum Gasteiger partial charge on any atom is -0.322 e. The molecular formula is C22H19N3O2S. The van der Waals surface area contributed by atoms with E-state index in [1.807, 2.05) is 65.2 Å². The SMILES string of the molecule is CS(=O)Cc1cccc(C(=O)Nc2ccc(-n3cnc4ccccc43)cc2)c1. The fraction of sp³-hybridized carbons (Fsp3) is 0.0909. The van der Waals surface area contributed by atoms with Gasteiger partial charge in [0.2, 0.25) is 0 Å². The highest BCUT2D eigenvalue weighted by molar-refractivity contribution is 7.83. The zero-order valence-corrected chi connectivity index (χ0v) is 16.1. The number of carbonyl (C=O) groups is 1. The van der Waals surface area contributed by atoms with Crippen LogP contribution in [-0.4, -0.2) is 25.9 Å². The summed E-state index contributed by atoms with van der Waals surface area (Å²) >= 11 is 0. The maximum Gasteiger partial charge on any atom is 0.255 e. The summed E-state index contributed by atoms with van der Waals surface area (Å²) in [5.41, 5.74) is 5.09. The van der Waals surface area contributed by atoms with Crippen LogP contribution in [-0.2, 0) is 16.6 Å². The zero-order valence-electron chi connectivity index (χ0n) is 15.3. The van der Waals surface area contributed by atoms with Gasteiger partial charge in [-0.3, -0.25) is 13.6 Å². The van der Waals surface area contributed by atoms with E-state index in [-0.39, 0.29) is 5.91 Å². The lowest BCUT2D eigenvalue weighted by molar-refractivity contribution is 0.102. The van der Waals surface area contributed by atoms with Crippen molar-refractivity contribution in [1.29, 1.82) is 0 Å². The lowest BCUT2D eigenvalue weighted by atomic mass is 10.1. The van der Waals surface area contributed by atoms with Crippen molar-refractivity contribution in [3.63, 3.8) is 0 Å². The molecule has 28 heavy (non-hydrogen) atoms. The largest absolute Gasteiger partial charge is 0.322 e. The number of carbonyl (C=O) groups excluding carboxylic acids is 1. The number of anilines is 1. The maximum atomic E-state index is 12.5. The molecule has 140 valence electrons. The van der Waals surface area contributed by atoms with Crippen LogP contribution in [0.25, 0.3) is 16.7 Å². The molecule has 0 saturated carbocycles. The highest BCUT2D eigenvalue weighted by atomic mass is 32.2. The summed E-state index contributed by atoms with van der Waals surface area (Å²) < 4.78 is 13.4. The molecule has 0 aliphatic carbocycles. The van der Waals surface area contributed by atoms with Gasteiger partial charge in [0, 0.05) is 39.7 Å². The van der Waals surface area contributed by atoms with Crippen molar-refractivity contribution in [1.82, 2.24) is 9.55 Å². The van der Waals surface area contributed by atoms with Gasteiger partial charge in [0.25, 0.3) is 5.91 Å². The van der Waals surface area contributed by atoms with Crippen LogP contribution in [0.4, 0.5) is 5.69 Å². The molecule has 0 fully saturated rings. The number of benzene rings is 3. The smallest absolute Gasteiger partial charge is 0.255 e. The molecule has 0 spiro atoms. The molecule has 0 saturated heterocycles. The summed E-state index contributed by atoms with van der Waals surface area (Å²) in [5.74, 6) is 0.249. The number of fused-ring (bicyclic) bond motifs is 1. The number of nitrogens with one attached hydrogen (secondary N) is 1. The monoisotopic (exact) mass is 389 g/mol. The molecule has 1 amide bonds. The molecule has 1 heterocycles. The Morgan fingerprint density at radius 3 is 2.61 bits per heavy atom. The first-order valence-corrected chi connectivity index (χ1v) is 10.6. The molecule has 3 aromatic carbocycles. The molecule has 4 aromatic rings. The minimum absolute atomic E-state index is 0.190.